The number of ether oxygens (including phenoxy) is 1. The Labute approximate surface area is 99.3 Å². The number of carbonyl (C=O) groups is 1. The summed E-state index contributed by atoms with van der Waals surface area (Å²) in [7, 11) is 1.19. The van der Waals surface area contributed by atoms with Gasteiger partial charge in [-0.3, -0.25) is 0 Å². The zero-order chi connectivity index (χ0) is 13.2. The first-order chi connectivity index (χ1) is 7.80. The molecule has 1 rings (SSSR count). The van der Waals surface area contributed by atoms with Crippen molar-refractivity contribution in [3.8, 4) is 11.5 Å². The lowest BCUT2D eigenvalue weighted by Gasteiger charge is -2.29. The quantitative estimate of drug-likeness (QED) is 0.540. The average Bonchev–Trinajstić information content (AvgIpc) is 2.30. The van der Waals surface area contributed by atoms with Gasteiger partial charge in [-0.05, 0) is 17.7 Å². The van der Waals surface area contributed by atoms with Crippen molar-refractivity contribution in [1.82, 2.24) is 0 Å². The number of phenols is 2. The summed E-state index contributed by atoms with van der Waals surface area (Å²) in [5.74, 6) is -1.30. The molecule has 0 saturated heterocycles. The molecule has 0 aromatic heterocycles. The topological polar surface area (TPSA) is 87.0 Å². The third kappa shape index (κ3) is 2.50. The Morgan fingerprint density at radius 2 is 1.88 bits per heavy atom. The largest absolute Gasteiger partial charge is 0.504 e. The molecule has 0 heterocycles. The van der Waals surface area contributed by atoms with E-state index >= 15 is 0 Å². The molecule has 94 valence electrons. The van der Waals surface area contributed by atoms with Gasteiger partial charge >= 0.3 is 5.97 Å². The molecule has 0 bridgehead atoms. The summed E-state index contributed by atoms with van der Waals surface area (Å²) in [6, 6.07) is 4.14. The highest BCUT2D eigenvalue weighted by atomic mass is 16.5. The van der Waals surface area contributed by atoms with Gasteiger partial charge in [0.15, 0.2) is 17.6 Å². The van der Waals surface area contributed by atoms with Crippen LogP contribution in [-0.4, -0.2) is 34.5 Å². The number of methoxy groups -OCH3 is 1. The van der Waals surface area contributed by atoms with E-state index in [-0.39, 0.29) is 11.5 Å². The lowest BCUT2D eigenvalue weighted by atomic mass is 9.79. The second-order valence-electron chi connectivity index (χ2n) is 4.35. The molecule has 0 radical (unpaired) electrons. The van der Waals surface area contributed by atoms with Crippen LogP contribution in [0.15, 0.2) is 18.2 Å². The molecule has 1 aromatic rings. The van der Waals surface area contributed by atoms with Crippen LogP contribution in [0.2, 0.25) is 0 Å². The third-order valence-corrected chi connectivity index (χ3v) is 2.83. The number of carbonyl (C=O) groups excluding carboxylic acids is 1. The first-order valence-corrected chi connectivity index (χ1v) is 5.09. The molecule has 0 aliphatic rings. The minimum Gasteiger partial charge on any atom is -0.504 e. The van der Waals surface area contributed by atoms with Gasteiger partial charge in [-0.2, -0.15) is 0 Å². The maximum Gasteiger partial charge on any atom is 0.335 e. The number of esters is 1. The van der Waals surface area contributed by atoms with Gasteiger partial charge in [-0.15, -0.1) is 0 Å². The Morgan fingerprint density at radius 3 is 2.35 bits per heavy atom. The van der Waals surface area contributed by atoms with E-state index in [2.05, 4.69) is 4.74 Å². The molecule has 0 aliphatic carbocycles. The number of hydrogen-bond donors (Lipinski definition) is 3. The van der Waals surface area contributed by atoms with Crippen molar-refractivity contribution in [3.05, 3.63) is 23.8 Å². The Bertz CT molecular complexity index is 425. The second-order valence-corrected chi connectivity index (χ2v) is 4.35. The molecule has 0 spiro atoms. The van der Waals surface area contributed by atoms with Gasteiger partial charge in [0.1, 0.15) is 0 Å². The molecular formula is C12H16O5. The van der Waals surface area contributed by atoms with Crippen LogP contribution in [0.3, 0.4) is 0 Å². The first-order valence-electron chi connectivity index (χ1n) is 5.09. The van der Waals surface area contributed by atoms with Crippen LogP contribution in [0.25, 0.3) is 0 Å². The molecule has 3 N–H and O–H groups in total. The number of rotatable bonds is 3. The minimum absolute atomic E-state index is 0.253. The van der Waals surface area contributed by atoms with Gasteiger partial charge in [-0.1, -0.05) is 19.9 Å². The fourth-order valence-corrected chi connectivity index (χ4v) is 1.49. The Kier molecular flexibility index (Phi) is 3.63. The van der Waals surface area contributed by atoms with E-state index in [9.17, 15) is 20.1 Å². The van der Waals surface area contributed by atoms with Crippen molar-refractivity contribution < 1.29 is 24.9 Å². The van der Waals surface area contributed by atoms with Gasteiger partial charge in [0.2, 0.25) is 0 Å². The highest BCUT2D eigenvalue weighted by molar-refractivity contribution is 5.76. The summed E-state index contributed by atoms with van der Waals surface area (Å²) in [5.41, 5.74) is -0.413. The minimum atomic E-state index is -1.35. The van der Waals surface area contributed by atoms with Crippen LogP contribution in [0.4, 0.5) is 0 Å². The standard InChI is InChI=1S/C12H16O5/c1-12(2,10(15)11(16)17-3)7-4-5-8(13)9(14)6-7/h4-6,10,13-15H,1-3H3. The lowest BCUT2D eigenvalue weighted by molar-refractivity contribution is -0.153. The summed E-state index contributed by atoms with van der Waals surface area (Å²) >= 11 is 0. The van der Waals surface area contributed by atoms with E-state index in [0.29, 0.717) is 5.56 Å². The number of phenolic OH excluding ortho intramolecular Hbond substituents is 2. The predicted molar refractivity (Wildman–Crippen MR) is 60.8 cm³/mol. The van der Waals surface area contributed by atoms with Crippen molar-refractivity contribution in [2.75, 3.05) is 7.11 Å². The van der Waals surface area contributed by atoms with Crippen LogP contribution in [-0.2, 0) is 14.9 Å². The molecular weight excluding hydrogens is 224 g/mol. The molecule has 0 fully saturated rings. The van der Waals surface area contributed by atoms with Gasteiger partial charge in [0, 0.05) is 5.41 Å². The van der Waals surface area contributed by atoms with Crippen molar-refractivity contribution >= 4 is 5.97 Å². The number of benzene rings is 1. The fourth-order valence-electron chi connectivity index (χ4n) is 1.49. The third-order valence-electron chi connectivity index (χ3n) is 2.83. The van der Waals surface area contributed by atoms with Crippen LogP contribution in [0.1, 0.15) is 19.4 Å². The first kappa shape index (κ1) is 13.3. The van der Waals surface area contributed by atoms with Gasteiger partial charge in [-0.25, -0.2) is 4.79 Å². The summed E-state index contributed by atoms with van der Waals surface area (Å²) in [6.45, 7) is 3.28. The fraction of sp³-hybridized carbons (Fsp3) is 0.417. The number of aromatic hydroxyl groups is 2. The van der Waals surface area contributed by atoms with Crippen molar-refractivity contribution in [1.29, 1.82) is 0 Å². The van der Waals surface area contributed by atoms with E-state index in [1.807, 2.05) is 0 Å². The monoisotopic (exact) mass is 240 g/mol. The summed E-state index contributed by atoms with van der Waals surface area (Å²) in [5, 5.41) is 28.4. The zero-order valence-electron chi connectivity index (χ0n) is 9.97. The van der Waals surface area contributed by atoms with Crippen molar-refractivity contribution in [2.24, 2.45) is 0 Å². The van der Waals surface area contributed by atoms with Gasteiger partial charge in [0.25, 0.3) is 0 Å². The highest BCUT2D eigenvalue weighted by Crippen LogP contribution is 2.33. The summed E-state index contributed by atoms with van der Waals surface area (Å²) in [4.78, 5) is 11.3. The molecule has 0 saturated carbocycles. The average molecular weight is 240 g/mol. The molecule has 5 heteroatoms. The lowest BCUT2D eigenvalue weighted by Crippen LogP contribution is -2.40. The zero-order valence-corrected chi connectivity index (χ0v) is 9.97. The molecule has 1 aromatic carbocycles. The van der Waals surface area contributed by atoms with E-state index in [1.165, 1.54) is 25.3 Å². The van der Waals surface area contributed by atoms with E-state index < -0.39 is 17.5 Å². The maximum atomic E-state index is 11.3. The van der Waals surface area contributed by atoms with Gasteiger partial charge in [0.05, 0.1) is 7.11 Å². The SMILES string of the molecule is COC(=O)C(O)C(C)(C)c1ccc(O)c(O)c1. The Hall–Kier alpha value is -1.75. The molecule has 1 atom stereocenters. The van der Waals surface area contributed by atoms with Crippen LogP contribution < -0.4 is 0 Å². The Balaban J connectivity index is 3.11. The summed E-state index contributed by atoms with van der Waals surface area (Å²) < 4.78 is 4.47. The number of hydrogen-bond acceptors (Lipinski definition) is 5. The number of aliphatic hydroxyl groups excluding tert-OH is 1. The number of aliphatic hydroxyl groups is 1. The summed E-state index contributed by atoms with van der Waals surface area (Å²) in [6.07, 6.45) is -1.35. The van der Waals surface area contributed by atoms with Crippen LogP contribution in [0.5, 0.6) is 11.5 Å². The van der Waals surface area contributed by atoms with Crippen LogP contribution >= 0.6 is 0 Å². The molecule has 5 nitrogen and oxygen atoms in total. The van der Waals surface area contributed by atoms with Gasteiger partial charge < -0.3 is 20.1 Å². The maximum absolute atomic E-state index is 11.3. The van der Waals surface area contributed by atoms with Crippen molar-refractivity contribution in [2.45, 2.75) is 25.4 Å². The van der Waals surface area contributed by atoms with E-state index in [0.717, 1.165) is 0 Å². The molecule has 1 unspecified atom stereocenters. The molecule has 0 aliphatic heterocycles. The smallest absolute Gasteiger partial charge is 0.335 e. The van der Waals surface area contributed by atoms with Crippen molar-refractivity contribution in [3.63, 3.8) is 0 Å². The highest BCUT2D eigenvalue weighted by Gasteiger charge is 2.36. The molecule has 17 heavy (non-hydrogen) atoms. The van der Waals surface area contributed by atoms with E-state index in [4.69, 9.17) is 0 Å². The Morgan fingerprint density at radius 1 is 1.29 bits per heavy atom. The second kappa shape index (κ2) is 4.63. The molecule has 0 amide bonds. The van der Waals surface area contributed by atoms with Crippen LogP contribution in [0, 0.1) is 0 Å². The van der Waals surface area contributed by atoms with E-state index in [1.54, 1.807) is 13.8 Å². The predicted octanol–water partition coefficient (Wildman–Crippen LogP) is 0.909. The normalized spacial score (nSPS) is 13.2.